The van der Waals surface area contributed by atoms with Crippen molar-refractivity contribution in [3.8, 4) is 23.0 Å². The monoisotopic (exact) mass is 446 g/mol. The molecule has 3 rings (SSSR count). The lowest BCUT2D eigenvalue weighted by Gasteiger charge is -2.12. The molecule has 32 heavy (non-hydrogen) atoms. The predicted molar refractivity (Wildman–Crippen MR) is 112 cm³/mol. The first-order valence-corrected chi connectivity index (χ1v) is 9.78. The molecule has 0 bridgehead atoms. The molecule has 0 unspecified atom stereocenters. The largest absolute Gasteiger partial charge is 0.493 e. The molecule has 0 spiro atoms. The summed E-state index contributed by atoms with van der Waals surface area (Å²) in [5.41, 5.74) is -0.312. The smallest absolute Gasteiger partial charge is 0.338 e. The van der Waals surface area contributed by atoms with Crippen LogP contribution in [0, 0.1) is 10.1 Å². The Bertz CT molecular complexity index is 1020. The third kappa shape index (κ3) is 5.36. The van der Waals surface area contributed by atoms with E-state index in [0.717, 1.165) is 0 Å². The van der Waals surface area contributed by atoms with Gasteiger partial charge in [-0.15, -0.1) is 0 Å². The van der Waals surface area contributed by atoms with E-state index in [4.69, 9.17) is 23.7 Å². The molecule has 11 nitrogen and oxygen atoms in total. The lowest BCUT2D eigenvalue weighted by atomic mass is 10.2. The van der Waals surface area contributed by atoms with E-state index in [-0.39, 0.29) is 28.4 Å². The normalized spacial score (nSPS) is 12.3. The zero-order chi connectivity index (χ0) is 23.1. The van der Waals surface area contributed by atoms with Gasteiger partial charge in [-0.2, -0.15) is 0 Å². The Hall–Kier alpha value is -4.02. The molecule has 0 aliphatic carbocycles. The van der Waals surface area contributed by atoms with Crippen LogP contribution in [0.25, 0.3) is 0 Å². The number of fused-ring (bicyclic) bond motifs is 1. The van der Waals surface area contributed by atoms with E-state index in [2.05, 4.69) is 5.32 Å². The number of nitrogens with zero attached hydrogens (tertiary/aromatic N) is 1. The SMILES string of the molecule is CCOc1ccc(C(=O)OCC(=O)Nc2cc3c(cc2[N+](=O)[O-])OCCCO3)cc1OC. The van der Waals surface area contributed by atoms with Crippen molar-refractivity contribution in [3.05, 3.63) is 46.0 Å². The van der Waals surface area contributed by atoms with Crippen molar-refractivity contribution < 1.29 is 38.2 Å². The second-order valence-corrected chi connectivity index (χ2v) is 6.55. The van der Waals surface area contributed by atoms with E-state index in [1.165, 1.54) is 31.4 Å². The first kappa shape index (κ1) is 22.7. The summed E-state index contributed by atoms with van der Waals surface area (Å²) in [5, 5.41) is 13.8. The molecular weight excluding hydrogens is 424 g/mol. The maximum Gasteiger partial charge on any atom is 0.338 e. The molecule has 1 aliphatic rings. The number of carbonyl (C=O) groups excluding carboxylic acids is 2. The fourth-order valence-electron chi connectivity index (χ4n) is 2.92. The Labute approximate surface area is 183 Å². The van der Waals surface area contributed by atoms with Gasteiger partial charge in [0, 0.05) is 12.5 Å². The second-order valence-electron chi connectivity index (χ2n) is 6.55. The lowest BCUT2D eigenvalue weighted by Crippen LogP contribution is -2.21. The highest BCUT2D eigenvalue weighted by atomic mass is 16.6. The molecule has 0 saturated heterocycles. The quantitative estimate of drug-likeness (QED) is 0.369. The Morgan fingerprint density at radius 1 is 1.12 bits per heavy atom. The number of hydrogen-bond acceptors (Lipinski definition) is 9. The summed E-state index contributed by atoms with van der Waals surface area (Å²) in [7, 11) is 1.43. The van der Waals surface area contributed by atoms with Crippen molar-refractivity contribution in [2.75, 3.05) is 38.9 Å². The zero-order valence-corrected chi connectivity index (χ0v) is 17.5. The van der Waals surface area contributed by atoms with Crippen LogP contribution in [0.4, 0.5) is 11.4 Å². The van der Waals surface area contributed by atoms with E-state index < -0.39 is 23.4 Å². The molecule has 170 valence electrons. The first-order valence-electron chi connectivity index (χ1n) is 9.78. The Morgan fingerprint density at radius 2 is 1.84 bits per heavy atom. The Kier molecular flexibility index (Phi) is 7.32. The fourth-order valence-corrected chi connectivity index (χ4v) is 2.92. The summed E-state index contributed by atoms with van der Waals surface area (Å²) >= 11 is 0. The van der Waals surface area contributed by atoms with E-state index in [9.17, 15) is 19.7 Å². The molecule has 0 radical (unpaired) electrons. The van der Waals surface area contributed by atoms with Gasteiger partial charge in [0.05, 0.1) is 43.5 Å². The molecule has 1 amide bonds. The molecule has 1 aliphatic heterocycles. The van der Waals surface area contributed by atoms with Crippen LogP contribution in [-0.4, -0.2) is 50.3 Å². The number of nitro groups is 1. The molecule has 2 aromatic carbocycles. The van der Waals surface area contributed by atoms with Crippen molar-refractivity contribution in [1.82, 2.24) is 0 Å². The van der Waals surface area contributed by atoms with Gasteiger partial charge in [0.2, 0.25) is 0 Å². The minimum absolute atomic E-state index is 0.0944. The summed E-state index contributed by atoms with van der Waals surface area (Å²) in [6.45, 7) is 2.32. The number of amides is 1. The number of anilines is 1. The highest BCUT2D eigenvalue weighted by Crippen LogP contribution is 2.39. The van der Waals surface area contributed by atoms with E-state index in [1.807, 2.05) is 6.92 Å². The number of methoxy groups -OCH3 is 1. The number of ether oxygens (including phenoxy) is 5. The highest BCUT2D eigenvalue weighted by Gasteiger charge is 2.23. The molecular formula is C21H22N2O9. The van der Waals surface area contributed by atoms with Crippen LogP contribution in [0.15, 0.2) is 30.3 Å². The molecule has 0 fully saturated rings. The standard InChI is InChI=1S/C21H22N2O9/c1-3-29-16-6-5-13(9-17(16)28-2)21(25)32-12-20(24)22-14-10-18-19(11-15(14)23(26)27)31-8-4-7-30-18/h5-6,9-11H,3-4,7-8,12H2,1-2H3,(H,22,24). The minimum atomic E-state index is -0.769. The zero-order valence-electron chi connectivity index (χ0n) is 17.5. The van der Waals surface area contributed by atoms with Crippen LogP contribution in [-0.2, 0) is 9.53 Å². The molecule has 1 N–H and O–H groups in total. The number of esters is 1. The van der Waals surface area contributed by atoms with Crippen LogP contribution in [0.3, 0.4) is 0 Å². The molecule has 0 atom stereocenters. The van der Waals surface area contributed by atoms with Gasteiger partial charge in [0.25, 0.3) is 11.6 Å². The van der Waals surface area contributed by atoms with E-state index in [1.54, 1.807) is 6.07 Å². The van der Waals surface area contributed by atoms with E-state index >= 15 is 0 Å². The number of benzene rings is 2. The predicted octanol–water partition coefficient (Wildman–Crippen LogP) is 2.96. The average molecular weight is 446 g/mol. The van der Waals surface area contributed by atoms with Crippen molar-refractivity contribution in [2.45, 2.75) is 13.3 Å². The van der Waals surface area contributed by atoms with Gasteiger partial charge >= 0.3 is 5.97 Å². The first-order chi connectivity index (χ1) is 15.4. The molecule has 2 aromatic rings. The van der Waals surface area contributed by atoms with Crippen LogP contribution >= 0.6 is 0 Å². The topological polar surface area (TPSA) is 135 Å². The number of hydrogen-bond donors (Lipinski definition) is 1. The maximum atomic E-state index is 12.3. The molecule has 0 saturated carbocycles. The van der Waals surface area contributed by atoms with Gasteiger partial charge < -0.3 is 29.0 Å². The number of rotatable bonds is 8. The van der Waals surface area contributed by atoms with Crippen LogP contribution < -0.4 is 24.3 Å². The third-order valence-corrected chi connectivity index (χ3v) is 4.37. The maximum absolute atomic E-state index is 12.3. The van der Waals surface area contributed by atoms with Crippen molar-refractivity contribution in [1.29, 1.82) is 0 Å². The Balaban J connectivity index is 1.67. The van der Waals surface area contributed by atoms with Gasteiger partial charge in [0.1, 0.15) is 5.69 Å². The number of nitrogens with one attached hydrogen (secondary N) is 1. The van der Waals surface area contributed by atoms with Gasteiger partial charge in [0.15, 0.2) is 29.6 Å². The molecule has 11 heteroatoms. The van der Waals surface area contributed by atoms with Gasteiger partial charge in [-0.25, -0.2) is 4.79 Å². The summed E-state index contributed by atoms with van der Waals surface area (Å²) in [6, 6.07) is 6.96. The number of carbonyl (C=O) groups is 2. The molecule has 1 heterocycles. The summed E-state index contributed by atoms with van der Waals surface area (Å²) in [5.74, 6) is -0.215. The average Bonchev–Trinajstić information content (AvgIpc) is 3.02. The van der Waals surface area contributed by atoms with Gasteiger partial charge in [-0.05, 0) is 25.1 Å². The Morgan fingerprint density at radius 3 is 2.50 bits per heavy atom. The van der Waals surface area contributed by atoms with Crippen molar-refractivity contribution >= 4 is 23.3 Å². The van der Waals surface area contributed by atoms with Gasteiger partial charge in [-0.1, -0.05) is 0 Å². The summed E-state index contributed by atoms with van der Waals surface area (Å²) < 4.78 is 26.5. The minimum Gasteiger partial charge on any atom is -0.493 e. The van der Waals surface area contributed by atoms with Crippen LogP contribution in [0.2, 0.25) is 0 Å². The van der Waals surface area contributed by atoms with Crippen molar-refractivity contribution in [3.63, 3.8) is 0 Å². The van der Waals surface area contributed by atoms with E-state index in [0.29, 0.717) is 37.7 Å². The number of nitro benzene ring substituents is 1. The highest BCUT2D eigenvalue weighted by molar-refractivity contribution is 5.97. The van der Waals surface area contributed by atoms with Gasteiger partial charge in [-0.3, -0.25) is 14.9 Å². The summed E-state index contributed by atoms with van der Waals surface area (Å²) in [6.07, 6.45) is 0.621. The second kappa shape index (κ2) is 10.3. The van der Waals surface area contributed by atoms with Crippen LogP contribution in [0.1, 0.15) is 23.7 Å². The van der Waals surface area contributed by atoms with Crippen molar-refractivity contribution in [2.24, 2.45) is 0 Å². The third-order valence-electron chi connectivity index (χ3n) is 4.37. The molecule has 0 aromatic heterocycles. The van der Waals surface area contributed by atoms with Crippen LogP contribution in [0.5, 0.6) is 23.0 Å². The summed E-state index contributed by atoms with van der Waals surface area (Å²) in [4.78, 5) is 35.4. The lowest BCUT2D eigenvalue weighted by molar-refractivity contribution is -0.384. The fraction of sp³-hybridized carbons (Fsp3) is 0.333.